The lowest BCUT2D eigenvalue weighted by molar-refractivity contribution is -0.148. The Balaban J connectivity index is 1.30. The number of methoxy groups -OCH3 is 1. The molecule has 0 radical (unpaired) electrons. The van der Waals surface area contributed by atoms with E-state index in [-0.39, 0.29) is 30.7 Å². The summed E-state index contributed by atoms with van der Waals surface area (Å²) in [4.78, 5) is 55.1. The number of carbonyl (C=O) groups excluding carboxylic acids is 4. The second kappa shape index (κ2) is 10.4. The molecular weight excluding hydrogens is 458 g/mol. The highest BCUT2D eigenvalue weighted by atomic mass is 35.5. The van der Waals surface area contributed by atoms with Crippen LogP contribution >= 0.6 is 11.6 Å². The number of ether oxygens (including phenoxy) is 1. The van der Waals surface area contributed by atoms with Crippen LogP contribution in [0.4, 0.5) is 0 Å². The van der Waals surface area contributed by atoms with Crippen LogP contribution in [-0.4, -0.2) is 78.2 Å². The molecule has 9 heteroatoms. The van der Waals surface area contributed by atoms with Gasteiger partial charge in [-0.3, -0.25) is 24.2 Å². The van der Waals surface area contributed by atoms with Gasteiger partial charge in [0.05, 0.1) is 18.2 Å². The summed E-state index contributed by atoms with van der Waals surface area (Å²) in [6.07, 6.45) is 0.632. The molecule has 2 heterocycles. The predicted octanol–water partition coefficient (Wildman–Crippen LogP) is 2.77. The number of carbonyl (C=O) groups is 4. The van der Waals surface area contributed by atoms with Crippen LogP contribution in [0.2, 0.25) is 5.02 Å². The molecule has 1 saturated heterocycles. The van der Waals surface area contributed by atoms with Gasteiger partial charge in [-0.05, 0) is 30.2 Å². The molecule has 0 N–H and O–H groups in total. The molecule has 8 nitrogen and oxygen atoms in total. The van der Waals surface area contributed by atoms with Crippen molar-refractivity contribution in [3.8, 4) is 0 Å². The quantitative estimate of drug-likeness (QED) is 0.444. The third-order valence-electron chi connectivity index (χ3n) is 6.31. The number of nitrogens with zero attached hydrogens (tertiary/aromatic N) is 3. The van der Waals surface area contributed by atoms with Crippen molar-refractivity contribution in [2.45, 2.75) is 18.9 Å². The van der Waals surface area contributed by atoms with Crippen molar-refractivity contribution in [1.29, 1.82) is 0 Å². The molecule has 2 aliphatic heterocycles. The highest BCUT2D eigenvalue weighted by Gasteiger charge is 2.36. The first-order valence-electron chi connectivity index (χ1n) is 11.2. The van der Waals surface area contributed by atoms with Crippen LogP contribution in [-0.2, 0) is 14.3 Å². The largest absolute Gasteiger partial charge is 0.468 e. The van der Waals surface area contributed by atoms with Crippen LogP contribution in [0.1, 0.15) is 45.2 Å². The number of halogens is 1. The van der Waals surface area contributed by atoms with Gasteiger partial charge in [0.25, 0.3) is 11.8 Å². The lowest BCUT2D eigenvalue weighted by Gasteiger charge is -2.38. The van der Waals surface area contributed by atoms with Gasteiger partial charge in [-0.15, -0.1) is 0 Å². The number of amides is 3. The molecule has 3 amide bonds. The van der Waals surface area contributed by atoms with Crippen molar-refractivity contribution < 1.29 is 23.9 Å². The van der Waals surface area contributed by atoms with E-state index in [0.717, 1.165) is 0 Å². The highest BCUT2D eigenvalue weighted by Crippen LogP contribution is 2.29. The maximum Gasteiger partial charge on any atom is 0.327 e. The topological polar surface area (TPSA) is 87.2 Å². The van der Waals surface area contributed by atoms with E-state index in [4.69, 9.17) is 16.3 Å². The monoisotopic (exact) mass is 483 g/mol. The molecule has 0 aliphatic carbocycles. The summed E-state index contributed by atoms with van der Waals surface area (Å²) in [6, 6.07) is 13.3. The van der Waals surface area contributed by atoms with Gasteiger partial charge in [0.2, 0.25) is 5.91 Å². The summed E-state index contributed by atoms with van der Waals surface area (Å²) in [6.45, 7) is 2.12. The molecule has 2 aromatic rings. The van der Waals surface area contributed by atoms with Gasteiger partial charge < -0.3 is 9.64 Å². The minimum atomic E-state index is -0.634. The Hall–Kier alpha value is -3.23. The Morgan fingerprint density at radius 3 is 2.12 bits per heavy atom. The van der Waals surface area contributed by atoms with Crippen LogP contribution in [0.25, 0.3) is 0 Å². The zero-order valence-electron chi connectivity index (χ0n) is 18.9. The molecule has 0 spiro atoms. The van der Waals surface area contributed by atoms with Crippen LogP contribution < -0.4 is 0 Å². The van der Waals surface area contributed by atoms with Crippen molar-refractivity contribution in [2.24, 2.45) is 0 Å². The molecule has 1 unspecified atom stereocenters. The van der Waals surface area contributed by atoms with Crippen molar-refractivity contribution >= 4 is 35.3 Å². The number of benzene rings is 2. The fourth-order valence-electron chi connectivity index (χ4n) is 4.50. The van der Waals surface area contributed by atoms with E-state index >= 15 is 0 Å². The third-order valence-corrected chi connectivity index (χ3v) is 6.65. The highest BCUT2D eigenvalue weighted by molar-refractivity contribution is 6.31. The zero-order chi connectivity index (χ0) is 24.2. The van der Waals surface area contributed by atoms with Gasteiger partial charge in [-0.2, -0.15) is 0 Å². The molecule has 2 aliphatic rings. The van der Waals surface area contributed by atoms with E-state index in [1.807, 2.05) is 11.0 Å². The maximum absolute atomic E-state index is 12.8. The Kier molecular flexibility index (Phi) is 7.29. The van der Waals surface area contributed by atoms with Gasteiger partial charge in [0, 0.05) is 44.2 Å². The van der Waals surface area contributed by atoms with Crippen molar-refractivity contribution in [1.82, 2.24) is 14.7 Å². The molecule has 0 saturated carbocycles. The fourth-order valence-corrected chi connectivity index (χ4v) is 4.74. The van der Waals surface area contributed by atoms with Crippen molar-refractivity contribution in [3.63, 3.8) is 0 Å². The smallest absolute Gasteiger partial charge is 0.327 e. The minimum absolute atomic E-state index is 0.0383. The van der Waals surface area contributed by atoms with Gasteiger partial charge in [-0.25, -0.2) is 4.79 Å². The Morgan fingerprint density at radius 1 is 0.941 bits per heavy atom. The summed E-state index contributed by atoms with van der Waals surface area (Å²) < 4.78 is 5.01. The first kappa shape index (κ1) is 23.9. The van der Waals surface area contributed by atoms with Crippen LogP contribution in [0, 0.1) is 0 Å². The van der Waals surface area contributed by atoms with Gasteiger partial charge in [0.1, 0.15) is 6.04 Å². The molecule has 34 heavy (non-hydrogen) atoms. The minimum Gasteiger partial charge on any atom is -0.468 e. The Bertz CT molecular complexity index is 1080. The lowest BCUT2D eigenvalue weighted by atomic mass is 10.0. The molecule has 0 aromatic heterocycles. The van der Waals surface area contributed by atoms with Gasteiger partial charge >= 0.3 is 5.97 Å². The average molecular weight is 484 g/mol. The van der Waals surface area contributed by atoms with E-state index < -0.39 is 12.0 Å². The second-order valence-electron chi connectivity index (χ2n) is 8.28. The predicted molar refractivity (Wildman–Crippen MR) is 125 cm³/mol. The molecule has 4 rings (SSSR count). The number of hydrogen-bond acceptors (Lipinski definition) is 6. The van der Waals surface area contributed by atoms with Crippen LogP contribution in [0.3, 0.4) is 0 Å². The maximum atomic E-state index is 12.8. The number of hydrogen-bond donors (Lipinski definition) is 0. The van der Waals surface area contributed by atoms with Gasteiger partial charge in [-0.1, -0.05) is 41.9 Å². The number of piperazine rings is 1. The number of fused-ring (bicyclic) bond motifs is 1. The molecule has 2 aromatic carbocycles. The fraction of sp³-hybridized carbons (Fsp3) is 0.360. The number of imide groups is 1. The van der Waals surface area contributed by atoms with Crippen molar-refractivity contribution in [2.75, 3.05) is 39.8 Å². The third kappa shape index (κ3) is 4.69. The van der Waals surface area contributed by atoms with E-state index in [9.17, 15) is 19.2 Å². The van der Waals surface area contributed by atoms with E-state index in [0.29, 0.717) is 54.3 Å². The van der Waals surface area contributed by atoms with Crippen LogP contribution in [0.5, 0.6) is 0 Å². The van der Waals surface area contributed by atoms with E-state index in [1.54, 1.807) is 47.4 Å². The normalized spacial score (nSPS) is 17.0. The summed E-state index contributed by atoms with van der Waals surface area (Å²) in [7, 11) is 1.35. The standard InChI is InChI=1S/C25H26ClN3O5/c1-34-25(33)22(19-9-4-5-10-20(19)26)28-15-13-27(14-16-28)21(30)11-6-12-29-23(31)17-7-2-3-8-18(17)24(29)32/h2-5,7-10,22H,6,11-16H2,1H3. The molecule has 0 bridgehead atoms. The molecule has 178 valence electrons. The van der Waals surface area contributed by atoms with Crippen LogP contribution in [0.15, 0.2) is 48.5 Å². The summed E-state index contributed by atoms with van der Waals surface area (Å²) in [5.74, 6) is -1.05. The number of rotatable bonds is 7. The van der Waals surface area contributed by atoms with E-state index in [2.05, 4.69) is 0 Å². The molecular formula is C25H26ClN3O5. The summed E-state index contributed by atoms with van der Waals surface area (Å²) in [5.41, 5.74) is 1.50. The first-order chi connectivity index (χ1) is 16.4. The second-order valence-corrected chi connectivity index (χ2v) is 8.68. The lowest BCUT2D eigenvalue weighted by Crippen LogP contribution is -2.51. The summed E-state index contributed by atoms with van der Waals surface area (Å²) in [5, 5.41) is 0.490. The molecule has 1 fully saturated rings. The molecule has 1 atom stereocenters. The number of esters is 1. The van der Waals surface area contributed by atoms with E-state index in [1.165, 1.54) is 12.0 Å². The summed E-state index contributed by atoms with van der Waals surface area (Å²) >= 11 is 6.33. The SMILES string of the molecule is COC(=O)C(c1ccccc1Cl)N1CCN(C(=O)CCCN2C(=O)c3ccccc3C2=O)CC1. The average Bonchev–Trinajstić information content (AvgIpc) is 3.10. The zero-order valence-corrected chi connectivity index (χ0v) is 19.7. The van der Waals surface area contributed by atoms with Crippen molar-refractivity contribution in [3.05, 3.63) is 70.2 Å². The Morgan fingerprint density at radius 2 is 1.53 bits per heavy atom. The first-order valence-corrected chi connectivity index (χ1v) is 11.6. The Labute approximate surface area is 203 Å². The van der Waals surface area contributed by atoms with Gasteiger partial charge in [0.15, 0.2) is 0 Å².